The number of hydrogen-bond acceptors (Lipinski definition) is 6. The molecule has 3 aromatic heterocycles. The van der Waals surface area contributed by atoms with Gasteiger partial charge in [0.1, 0.15) is 10.6 Å². The van der Waals surface area contributed by atoms with Crippen molar-refractivity contribution in [1.82, 2.24) is 19.5 Å². The largest absolute Gasteiger partial charge is 0.383 e. The molecule has 5 nitrogen and oxygen atoms in total. The first-order valence-electron chi connectivity index (χ1n) is 5.33. The van der Waals surface area contributed by atoms with Crippen molar-refractivity contribution in [2.45, 2.75) is 10.9 Å². The van der Waals surface area contributed by atoms with Gasteiger partial charge in [-0.05, 0) is 11.4 Å². The summed E-state index contributed by atoms with van der Waals surface area (Å²) >= 11 is 3.15. The molecule has 0 fully saturated rings. The number of rotatable bonds is 3. The molecule has 0 bridgehead atoms. The summed E-state index contributed by atoms with van der Waals surface area (Å²) in [6, 6.07) is 1.95. The third kappa shape index (κ3) is 2.06. The lowest BCUT2D eigenvalue weighted by molar-refractivity contribution is 0.865. The van der Waals surface area contributed by atoms with Crippen LogP contribution in [0.3, 0.4) is 0 Å². The average molecular weight is 277 g/mol. The van der Waals surface area contributed by atoms with E-state index in [-0.39, 0.29) is 0 Å². The maximum atomic E-state index is 5.90. The Morgan fingerprint density at radius 2 is 2.33 bits per heavy atom. The van der Waals surface area contributed by atoms with E-state index in [1.807, 2.05) is 29.3 Å². The summed E-state index contributed by atoms with van der Waals surface area (Å²) < 4.78 is 1.99. The smallest absolute Gasteiger partial charge is 0.191 e. The zero-order valence-corrected chi connectivity index (χ0v) is 11.3. The predicted molar refractivity (Wildman–Crippen MR) is 74.6 cm³/mol. The summed E-state index contributed by atoms with van der Waals surface area (Å²) in [6.45, 7) is 0. The van der Waals surface area contributed by atoms with Gasteiger partial charge in [0.2, 0.25) is 0 Å². The molecular formula is C11H11N5S2. The Kier molecular flexibility index (Phi) is 2.92. The number of thioether (sulfide) groups is 1. The van der Waals surface area contributed by atoms with Gasteiger partial charge in [0.05, 0.1) is 11.7 Å². The van der Waals surface area contributed by atoms with Crippen LogP contribution in [0.15, 0.2) is 29.1 Å². The van der Waals surface area contributed by atoms with E-state index in [9.17, 15) is 0 Å². The van der Waals surface area contributed by atoms with Crippen LogP contribution in [0.2, 0.25) is 0 Å². The Balaban J connectivity index is 1.84. The number of anilines is 1. The first kappa shape index (κ1) is 11.5. The van der Waals surface area contributed by atoms with Crippen LogP contribution in [0.25, 0.3) is 10.2 Å². The summed E-state index contributed by atoms with van der Waals surface area (Å²) in [7, 11) is 1.97. The molecule has 0 atom stereocenters. The first-order valence-corrected chi connectivity index (χ1v) is 7.19. The molecule has 3 aromatic rings. The van der Waals surface area contributed by atoms with Crippen LogP contribution < -0.4 is 5.73 Å². The molecule has 0 aliphatic heterocycles. The number of imidazole rings is 1. The number of aryl methyl sites for hydroxylation is 1. The van der Waals surface area contributed by atoms with E-state index in [1.54, 1.807) is 29.4 Å². The second kappa shape index (κ2) is 4.58. The lowest BCUT2D eigenvalue weighted by atomic mass is 10.4. The van der Waals surface area contributed by atoms with Crippen molar-refractivity contribution >= 4 is 39.1 Å². The zero-order valence-electron chi connectivity index (χ0n) is 9.70. The highest BCUT2D eigenvalue weighted by molar-refractivity contribution is 7.98. The second-order valence-corrected chi connectivity index (χ2v) is 5.65. The number of nitrogens with zero attached hydrogens (tertiary/aromatic N) is 4. The number of thiophene rings is 1. The van der Waals surface area contributed by atoms with Crippen LogP contribution in [0.1, 0.15) is 5.69 Å². The summed E-state index contributed by atoms with van der Waals surface area (Å²) in [4.78, 5) is 13.8. The minimum atomic E-state index is 0.550. The Morgan fingerprint density at radius 3 is 3.11 bits per heavy atom. The number of aromatic nitrogens is 4. The van der Waals surface area contributed by atoms with Gasteiger partial charge in [-0.2, -0.15) is 0 Å². The molecule has 0 aromatic carbocycles. The van der Waals surface area contributed by atoms with Crippen LogP contribution >= 0.6 is 23.1 Å². The molecule has 2 N–H and O–H groups in total. The van der Waals surface area contributed by atoms with Crippen molar-refractivity contribution in [2.24, 2.45) is 7.05 Å². The summed E-state index contributed by atoms with van der Waals surface area (Å²) in [5, 5.41) is 3.62. The molecule has 0 amide bonds. The Morgan fingerprint density at radius 1 is 1.44 bits per heavy atom. The fourth-order valence-corrected chi connectivity index (χ4v) is 3.29. The minimum absolute atomic E-state index is 0.550. The minimum Gasteiger partial charge on any atom is -0.383 e. The van der Waals surface area contributed by atoms with Crippen LogP contribution in [0.5, 0.6) is 0 Å². The van der Waals surface area contributed by atoms with Crippen molar-refractivity contribution in [3.8, 4) is 0 Å². The number of hydrogen-bond donors (Lipinski definition) is 1. The number of nitrogens with two attached hydrogens (primary N) is 1. The topological polar surface area (TPSA) is 69.6 Å². The van der Waals surface area contributed by atoms with E-state index in [0.29, 0.717) is 11.0 Å². The Hall–Kier alpha value is -1.60. The SMILES string of the molecule is Cn1cncc1CSc1nc(N)c2ccsc2n1. The molecule has 92 valence electrons. The van der Waals surface area contributed by atoms with Gasteiger partial charge in [-0.25, -0.2) is 15.0 Å². The molecule has 3 rings (SSSR count). The number of fused-ring (bicyclic) bond motifs is 1. The fourth-order valence-electron chi connectivity index (χ4n) is 1.58. The molecule has 0 saturated heterocycles. The maximum absolute atomic E-state index is 5.90. The number of nitrogen functional groups attached to an aromatic ring is 1. The third-order valence-electron chi connectivity index (χ3n) is 2.60. The first-order chi connectivity index (χ1) is 8.74. The zero-order chi connectivity index (χ0) is 12.5. The summed E-state index contributed by atoms with van der Waals surface area (Å²) in [6.07, 6.45) is 3.63. The third-order valence-corrected chi connectivity index (χ3v) is 4.29. The maximum Gasteiger partial charge on any atom is 0.191 e. The van der Waals surface area contributed by atoms with Gasteiger partial charge in [0.15, 0.2) is 5.16 Å². The molecule has 3 heterocycles. The van der Waals surface area contributed by atoms with Crippen molar-refractivity contribution < 1.29 is 0 Å². The Bertz CT molecular complexity index is 688. The summed E-state index contributed by atoms with van der Waals surface area (Å²) in [5.41, 5.74) is 7.04. The molecule has 18 heavy (non-hydrogen) atoms. The van der Waals surface area contributed by atoms with E-state index in [2.05, 4.69) is 15.0 Å². The van der Waals surface area contributed by atoms with Crippen molar-refractivity contribution in [3.63, 3.8) is 0 Å². The standard InChI is InChI=1S/C11H11N5S2/c1-16-6-13-4-7(16)5-18-11-14-9(12)8-2-3-17-10(8)15-11/h2-4,6H,5H2,1H3,(H2,12,14,15). The van der Waals surface area contributed by atoms with Crippen LogP contribution in [0.4, 0.5) is 5.82 Å². The molecule has 0 aliphatic rings. The highest BCUT2D eigenvalue weighted by Gasteiger charge is 2.08. The molecule has 0 radical (unpaired) electrons. The lowest BCUT2D eigenvalue weighted by Crippen LogP contribution is -1.97. The van der Waals surface area contributed by atoms with Gasteiger partial charge in [-0.1, -0.05) is 11.8 Å². The normalized spacial score (nSPS) is 11.2. The van der Waals surface area contributed by atoms with Crippen LogP contribution in [-0.4, -0.2) is 19.5 Å². The quantitative estimate of drug-likeness (QED) is 0.587. The molecule has 0 saturated carbocycles. The van der Waals surface area contributed by atoms with Gasteiger partial charge >= 0.3 is 0 Å². The molecule has 0 spiro atoms. The monoisotopic (exact) mass is 277 g/mol. The van der Waals surface area contributed by atoms with Gasteiger partial charge < -0.3 is 10.3 Å². The predicted octanol–water partition coefficient (Wildman–Crippen LogP) is 2.30. The highest BCUT2D eigenvalue weighted by Crippen LogP contribution is 2.27. The van der Waals surface area contributed by atoms with E-state index < -0.39 is 0 Å². The van der Waals surface area contributed by atoms with Gasteiger partial charge in [-0.15, -0.1) is 11.3 Å². The van der Waals surface area contributed by atoms with Crippen molar-refractivity contribution in [2.75, 3.05) is 5.73 Å². The van der Waals surface area contributed by atoms with E-state index in [4.69, 9.17) is 5.73 Å². The van der Waals surface area contributed by atoms with E-state index in [1.165, 1.54) is 0 Å². The molecule has 0 unspecified atom stereocenters. The van der Waals surface area contributed by atoms with Crippen LogP contribution in [-0.2, 0) is 12.8 Å². The molecule has 7 heteroatoms. The van der Waals surface area contributed by atoms with Gasteiger partial charge in [0.25, 0.3) is 0 Å². The van der Waals surface area contributed by atoms with Gasteiger partial charge in [0, 0.05) is 24.7 Å². The second-order valence-electron chi connectivity index (χ2n) is 3.82. The van der Waals surface area contributed by atoms with Gasteiger partial charge in [-0.3, -0.25) is 0 Å². The molecule has 0 aliphatic carbocycles. The average Bonchev–Trinajstić information content (AvgIpc) is 2.95. The van der Waals surface area contributed by atoms with E-state index >= 15 is 0 Å². The Labute approximate surface area is 112 Å². The lowest BCUT2D eigenvalue weighted by Gasteiger charge is -2.03. The highest BCUT2D eigenvalue weighted by atomic mass is 32.2. The fraction of sp³-hybridized carbons (Fsp3) is 0.182. The van der Waals surface area contributed by atoms with Crippen LogP contribution in [0, 0.1) is 0 Å². The van der Waals surface area contributed by atoms with E-state index in [0.717, 1.165) is 21.7 Å². The van der Waals surface area contributed by atoms with Crippen molar-refractivity contribution in [1.29, 1.82) is 0 Å². The summed E-state index contributed by atoms with van der Waals surface area (Å²) in [5.74, 6) is 1.33. The van der Waals surface area contributed by atoms with Crippen molar-refractivity contribution in [3.05, 3.63) is 29.7 Å². The molecular weight excluding hydrogens is 266 g/mol.